The van der Waals surface area contributed by atoms with Crippen LogP contribution >= 0.6 is 11.3 Å². The van der Waals surface area contributed by atoms with E-state index in [4.69, 9.17) is 4.42 Å². The van der Waals surface area contributed by atoms with Gasteiger partial charge in [-0.1, -0.05) is 0 Å². The minimum atomic E-state index is -1.23. The van der Waals surface area contributed by atoms with Crippen LogP contribution in [0.2, 0.25) is 0 Å². The fourth-order valence-electron chi connectivity index (χ4n) is 1.61. The summed E-state index contributed by atoms with van der Waals surface area (Å²) in [4.78, 5) is 15.9. The Kier molecular flexibility index (Phi) is 4.36. The van der Waals surface area contributed by atoms with Crippen molar-refractivity contribution in [1.29, 1.82) is 0 Å². The Hall–Kier alpha value is -1.92. The lowest BCUT2D eigenvalue weighted by molar-refractivity contribution is -0.117. The Morgan fingerprint density at radius 2 is 2.45 bits per heavy atom. The summed E-state index contributed by atoms with van der Waals surface area (Å²) in [5.74, 6) is 0.124. The quantitative estimate of drug-likeness (QED) is 0.827. The SMILES string of the molecule is Cc1nc(C=CC(=O)NCC(C)(O)c2ccco2)cs1. The van der Waals surface area contributed by atoms with E-state index in [1.54, 1.807) is 25.1 Å². The second kappa shape index (κ2) is 6.02. The molecule has 0 aliphatic rings. The molecule has 1 amide bonds. The molecular weight excluding hydrogens is 276 g/mol. The van der Waals surface area contributed by atoms with Crippen molar-refractivity contribution in [3.63, 3.8) is 0 Å². The van der Waals surface area contributed by atoms with Crippen molar-refractivity contribution >= 4 is 23.3 Å². The topological polar surface area (TPSA) is 75.4 Å². The molecule has 0 aliphatic heterocycles. The first-order valence-corrected chi connectivity index (χ1v) is 7.00. The van der Waals surface area contributed by atoms with E-state index in [0.717, 1.165) is 10.7 Å². The summed E-state index contributed by atoms with van der Waals surface area (Å²) in [5.41, 5.74) is -0.482. The van der Waals surface area contributed by atoms with Crippen LogP contribution in [-0.2, 0) is 10.4 Å². The molecule has 2 aromatic rings. The zero-order valence-corrected chi connectivity index (χ0v) is 12.1. The summed E-state index contributed by atoms with van der Waals surface area (Å²) in [6.07, 6.45) is 4.52. The maximum absolute atomic E-state index is 11.7. The van der Waals surface area contributed by atoms with E-state index < -0.39 is 5.60 Å². The van der Waals surface area contributed by atoms with Gasteiger partial charge in [0.1, 0.15) is 11.4 Å². The third kappa shape index (κ3) is 3.79. The maximum Gasteiger partial charge on any atom is 0.244 e. The van der Waals surface area contributed by atoms with E-state index in [-0.39, 0.29) is 12.5 Å². The van der Waals surface area contributed by atoms with Gasteiger partial charge in [-0.05, 0) is 32.1 Å². The van der Waals surface area contributed by atoms with Crippen LogP contribution in [-0.4, -0.2) is 22.5 Å². The fraction of sp³-hybridized carbons (Fsp3) is 0.286. The number of aryl methyl sites for hydroxylation is 1. The molecule has 0 aliphatic carbocycles. The van der Waals surface area contributed by atoms with Crippen molar-refractivity contribution in [2.45, 2.75) is 19.4 Å². The second-order valence-electron chi connectivity index (χ2n) is 4.59. The number of nitrogens with one attached hydrogen (secondary N) is 1. The van der Waals surface area contributed by atoms with Gasteiger partial charge < -0.3 is 14.8 Å². The monoisotopic (exact) mass is 292 g/mol. The first-order chi connectivity index (χ1) is 9.47. The Labute approximate surface area is 121 Å². The van der Waals surface area contributed by atoms with Crippen molar-refractivity contribution in [3.05, 3.63) is 46.3 Å². The summed E-state index contributed by atoms with van der Waals surface area (Å²) in [7, 11) is 0. The van der Waals surface area contributed by atoms with Crippen molar-refractivity contribution < 1.29 is 14.3 Å². The van der Waals surface area contributed by atoms with Gasteiger partial charge >= 0.3 is 0 Å². The molecule has 6 heteroatoms. The van der Waals surface area contributed by atoms with Crippen LogP contribution in [0.15, 0.2) is 34.3 Å². The lowest BCUT2D eigenvalue weighted by Crippen LogP contribution is -2.37. The molecule has 0 fully saturated rings. The third-order valence-electron chi connectivity index (χ3n) is 2.70. The lowest BCUT2D eigenvalue weighted by atomic mass is 10.0. The number of amides is 1. The highest BCUT2D eigenvalue weighted by Gasteiger charge is 2.26. The molecule has 20 heavy (non-hydrogen) atoms. The van der Waals surface area contributed by atoms with Crippen molar-refractivity contribution in [1.82, 2.24) is 10.3 Å². The van der Waals surface area contributed by atoms with E-state index in [0.29, 0.717) is 5.76 Å². The second-order valence-corrected chi connectivity index (χ2v) is 5.66. The molecule has 2 heterocycles. The first-order valence-electron chi connectivity index (χ1n) is 6.12. The molecule has 2 rings (SSSR count). The molecule has 0 radical (unpaired) electrons. The molecule has 106 valence electrons. The molecule has 0 aromatic carbocycles. The van der Waals surface area contributed by atoms with Crippen LogP contribution in [0.1, 0.15) is 23.4 Å². The number of carbonyl (C=O) groups excluding carboxylic acids is 1. The number of furan rings is 1. The van der Waals surface area contributed by atoms with Crippen molar-refractivity contribution in [3.8, 4) is 0 Å². The average Bonchev–Trinajstić information content (AvgIpc) is 3.05. The molecular formula is C14H16N2O3S. The highest BCUT2D eigenvalue weighted by Crippen LogP contribution is 2.19. The highest BCUT2D eigenvalue weighted by molar-refractivity contribution is 7.09. The highest BCUT2D eigenvalue weighted by atomic mass is 32.1. The molecule has 0 bridgehead atoms. The minimum Gasteiger partial charge on any atom is -0.466 e. The number of thiazole rings is 1. The standard InChI is InChI=1S/C14H16N2O3S/c1-10-16-11(8-20-10)5-6-13(17)15-9-14(2,18)12-4-3-7-19-12/h3-8,18H,9H2,1-2H3,(H,15,17). The molecule has 5 nitrogen and oxygen atoms in total. The van der Waals surface area contributed by atoms with Crippen LogP contribution in [0.25, 0.3) is 6.08 Å². The summed E-state index contributed by atoms with van der Waals surface area (Å²) < 4.78 is 5.13. The number of rotatable bonds is 5. The van der Waals surface area contributed by atoms with Crippen molar-refractivity contribution in [2.24, 2.45) is 0 Å². The van der Waals surface area contributed by atoms with Crippen molar-refractivity contribution in [2.75, 3.05) is 6.54 Å². The lowest BCUT2D eigenvalue weighted by Gasteiger charge is -2.20. The van der Waals surface area contributed by atoms with Crippen LogP contribution in [0.5, 0.6) is 0 Å². The zero-order chi connectivity index (χ0) is 14.6. The zero-order valence-electron chi connectivity index (χ0n) is 11.3. The van der Waals surface area contributed by atoms with Gasteiger partial charge in [0.05, 0.1) is 23.5 Å². The van der Waals surface area contributed by atoms with Gasteiger partial charge in [-0.25, -0.2) is 4.98 Å². The number of aromatic nitrogens is 1. The molecule has 1 atom stereocenters. The van der Waals surface area contributed by atoms with Crippen LogP contribution in [0.3, 0.4) is 0 Å². The van der Waals surface area contributed by atoms with Crippen LogP contribution < -0.4 is 5.32 Å². The Bertz CT molecular complexity index is 600. The molecule has 0 saturated heterocycles. The van der Waals surface area contributed by atoms with Gasteiger partial charge in [0.2, 0.25) is 5.91 Å². The van der Waals surface area contributed by atoms with Crippen LogP contribution in [0, 0.1) is 6.92 Å². The molecule has 0 saturated carbocycles. The Morgan fingerprint density at radius 1 is 1.65 bits per heavy atom. The predicted octanol–water partition coefficient (Wildman–Crippen LogP) is 2.08. The van der Waals surface area contributed by atoms with E-state index in [1.807, 2.05) is 12.3 Å². The normalized spacial score (nSPS) is 14.3. The smallest absolute Gasteiger partial charge is 0.244 e. The fourth-order valence-corrected chi connectivity index (χ4v) is 2.19. The van der Waals surface area contributed by atoms with Gasteiger partial charge in [-0.15, -0.1) is 11.3 Å². The van der Waals surface area contributed by atoms with E-state index in [9.17, 15) is 9.90 Å². The van der Waals surface area contributed by atoms with Crippen LogP contribution in [0.4, 0.5) is 0 Å². The number of nitrogens with zero attached hydrogens (tertiary/aromatic N) is 1. The number of hydrogen-bond donors (Lipinski definition) is 2. The predicted molar refractivity (Wildman–Crippen MR) is 77.2 cm³/mol. The average molecular weight is 292 g/mol. The summed E-state index contributed by atoms with van der Waals surface area (Å²) in [5, 5.41) is 15.6. The van der Waals surface area contributed by atoms with Gasteiger partial charge in [0.25, 0.3) is 0 Å². The largest absolute Gasteiger partial charge is 0.466 e. The van der Waals surface area contributed by atoms with Gasteiger partial charge in [0.15, 0.2) is 0 Å². The first kappa shape index (κ1) is 14.5. The van der Waals surface area contributed by atoms with E-state index >= 15 is 0 Å². The summed E-state index contributed by atoms with van der Waals surface area (Å²) in [6, 6.07) is 3.36. The number of carbonyl (C=O) groups is 1. The maximum atomic E-state index is 11.7. The molecule has 1 unspecified atom stereocenters. The Morgan fingerprint density at radius 3 is 3.05 bits per heavy atom. The molecule has 2 aromatic heterocycles. The minimum absolute atomic E-state index is 0.0692. The third-order valence-corrected chi connectivity index (χ3v) is 3.49. The molecule has 0 spiro atoms. The summed E-state index contributed by atoms with van der Waals surface area (Å²) >= 11 is 1.53. The van der Waals surface area contributed by atoms with Gasteiger partial charge in [-0.2, -0.15) is 0 Å². The number of hydrogen-bond acceptors (Lipinski definition) is 5. The summed E-state index contributed by atoms with van der Waals surface area (Å²) in [6.45, 7) is 3.56. The van der Waals surface area contributed by atoms with Gasteiger partial charge in [-0.3, -0.25) is 4.79 Å². The van der Waals surface area contributed by atoms with E-state index in [2.05, 4.69) is 10.3 Å². The van der Waals surface area contributed by atoms with Gasteiger partial charge in [0, 0.05) is 11.5 Å². The Balaban J connectivity index is 1.88. The molecule has 2 N–H and O–H groups in total. The number of aliphatic hydroxyl groups is 1. The van der Waals surface area contributed by atoms with E-state index in [1.165, 1.54) is 23.7 Å².